The molecule has 1 aliphatic rings. The summed E-state index contributed by atoms with van der Waals surface area (Å²) in [7, 11) is 0. The first-order valence-corrected chi connectivity index (χ1v) is 6.85. The monoisotopic (exact) mass is 269 g/mol. The van der Waals surface area contributed by atoms with Crippen LogP contribution in [0.5, 0.6) is 0 Å². The van der Waals surface area contributed by atoms with E-state index in [1.807, 2.05) is 12.1 Å². The van der Waals surface area contributed by atoms with E-state index in [0.29, 0.717) is 17.5 Å². The lowest BCUT2D eigenvalue weighted by atomic mass is 10.1. The maximum atomic E-state index is 9.98. The third-order valence-electron chi connectivity index (χ3n) is 3.54. The Hall–Kier alpha value is -0.610. The second kappa shape index (κ2) is 6.53. The van der Waals surface area contributed by atoms with E-state index in [4.69, 9.17) is 11.6 Å². The van der Waals surface area contributed by atoms with Crippen molar-refractivity contribution in [3.05, 3.63) is 34.9 Å². The average Bonchev–Trinajstić information content (AvgIpc) is 2.76. The van der Waals surface area contributed by atoms with E-state index in [1.54, 1.807) is 12.1 Å². The van der Waals surface area contributed by atoms with Gasteiger partial charge < -0.3 is 15.5 Å². The quantitative estimate of drug-likeness (QED) is 0.768. The second-order valence-corrected chi connectivity index (χ2v) is 5.49. The molecule has 18 heavy (non-hydrogen) atoms. The van der Waals surface area contributed by atoms with Crippen LogP contribution in [0.3, 0.4) is 0 Å². The molecule has 1 aromatic carbocycles. The van der Waals surface area contributed by atoms with Crippen molar-refractivity contribution in [2.75, 3.05) is 13.1 Å². The molecule has 4 heteroatoms. The second-order valence-electron chi connectivity index (χ2n) is 5.06. The van der Waals surface area contributed by atoms with Crippen molar-refractivity contribution in [1.82, 2.24) is 5.32 Å². The van der Waals surface area contributed by atoms with Crippen molar-refractivity contribution in [1.29, 1.82) is 0 Å². The molecule has 0 radical (unpaired) electrons. The Labute approximate surface area is 113 Å². The summed E-state index contributed by atoms with van der Waals surface area (Å²) in [6, 6.07) is 7.25. The lowest BCUT2D eigenvalue weighted by Gasteiger charge is -2.15. The third kappa shape index (κ3) is 3.95. The van der Waals surface area contributed by atoms with Gasteiger partial charge in [0, 0.05) is 11.6 Å². The average molecular weight is 270 g/mol. The third-order valence-corrected chi connectivity index (χ3v) is 3.79. The van der Waals surface area contributed by atoms with Gasteiger partial charge in [-0.25, -0.2) is 0 Å². The van der Waals surface area contributed by atoms with Crippen molar-refractivity contribution in [3.8, 4) is 0 Å². The van der Waals surface area contributed by atoms with E-state index in [0.717, 1.165) is 31.4 Å². The minimum Gasteiger partial charge on any atom is -0.393 e. The molecule has 3 atom stereocenters. The summed E-state index contributed by atoms with van der Waals surface area (Å²) in [5.41, 5.74) is 0.873. The molecule has 1 aliphatic carbocycles. The summed E-state index contributed by atoms with van der Waals surface area (Å²) in [6.45, 7) is 1.40. The van der Waals surface area contributed by atoms with Crippen LogP contribution >= 0.6 is 11.6 Å². The first kappa shape index (κ1) is 13.8. The molecule has 0 saturated heterocycles. The molecule has 0 heterocycles. The standard InChI is InChI=1S/C14H20ClNO2/c15-12-4-2-11(3-5-12)14(18)9-16-8-10-1-6-13(17)7-10/h2-5,10,13-14,16-18H,1,6-9H2. The Morgan fingerprint density at radius 2 is 2.00 bits per heavy atom. The molecule has 100 valence electrons. The van der Waals surface area contributed by atoms with Crippen molar-refractivity contribution in [3.63, 3.8) is 0 Å². The Bertz CT molecular complexity index is 369. The molecule has 2 rings (SSSR count). The minimum atomic E-state index is -0.506. The summed E-state index contributed by atoms with van der Waals surface area (Å²) in [4.78, 5) is 0. The Morgan fingerprint density at radius 1 is 1.28 bits per heavy atom. The molecule has 3 nitrogen and oxygen atoms in total. The number of aliphatic hydroxyl groups is 2. The van der Waals surface area contributed by atoms with Gasteiger partial charge in [-0.05, 0) is 49.4 Å². The van der Waals surface area contributed by atoms with Gasteiger partial charge in [-0.15, -0.1) is 0 Å². The molecule has 0 bridgehead atoms. The van der Waals surface area contributed by atoms with Gasteiger partial charge in [0.25, 0.3) is 0 Å². The topological polar surface area (TPSA) is 52.5 Å². The first-order valence-electron chi connectivity index (χ1n) is 6.47. The van der Waals surface area contributed by atoms with Crippen molar-refractivity contribution >= 4 is 11.6 Å². The van der Waals surface area contributed by atoms with E-state index in [2.05, 4.69) is 5.32 Å². The fourth-order valence-corrected chi connectivity index (χ4v) is 2.59. The van der Waals surface area contributed by atoms with E-state index in [1.165, 1.54) is 0 Å². The van der Waals surface area contributed by atoms with E-state index in [9.17, 15) is 10.2 Å². The van der Waals surface area contributed by atoms with Gasteiger partial charge in [0.05, 0.1) is 12.2 Å². The smallest absolute Gasteiger partial charge is 0.0914 e. The maximum Gasteiger partial charge on any atom is 0.0914 e. The van der Waals surface area contributed by atoms with Crippen LogP contribution < -0.4 is 5.32 Å². The molecule has 3 unspecified atom stereocenters. The predicted molar refractivity (Wildman–Crippen MR) is 72.6 cm³/mol. The summed E-state index contributed by atoms with van der Waals surface area (Å²) >= 11 is 5.80. The Balaban J connectivity index is 1.71. The molecular formula is C14H20ClNO2. The number of benzene rings is 1. The van der Waals surface area contributed by atoms with Crippen LogP contribution in [0.15, 0.2) is 24.3 Å². The highest BCUT2D eigenvalue weighted by Gasteiger charge is 2.22. The molecule has 3 N–H and O–H groups in total. The van der Waals surface area contributed by atoms with Crippen LogP contribution in [0.1, 0.15) is 30.9 Å². The molecular weight excluding hydrogens is 250 g/mol. The summed E-state index contributed by atoms with van der Waals surface area (Å²) in [5.74, 6) is 0.539. The number of rotatable bonds is 5. The van der Waals surface area contributed by atoms with Gasteiger partial charge in [0.1, 0.15) is 0 Å². The number of nitrogens with one attached hydrogen (secondary N) is 1. The lowest BCUT2D eigenvalue weighted by molar-refractivity contribution is 0.167. The maximum absolute atomic E-state index is 9.98. The number of hydrogen-bond donors (Lipinski definition) is 3. The minimum absolute atomic E-state index is 0.127. The zero-order chi connectivity index (χ0) is 13.0. The highest BCUT2D eigenvalue weighted by molar-refractivity contribution is 6.30. The summed E-state index contributed by atoms with van der Waals surface area (Å²) in [5, 5.41) is 23.4. The van der Waals surface area contributed by atoms with Gasteiger partial charge in [0.2, 0.25) is 0 Å². The Kier molecular flexibility index (Phi) is 5.01. The molecule has 0 spiro atoms. The predicted octanol–water partition coefficient (Wildman–Crippen LogP) is 2.12. The van der Waals surface area contributed by atoms with E-state index in [-0.39, 0.29) is 6.10 Å². The molecule has 1 saturated carbocycles. The van der Waals surface area contributed by atoms with Crippen molar-refractivity contribution in [2.24, 2.45) is 5.92 Å². The fourth-order valence-electron chi connectivity index (χ4n) is 2.46. The number of hydrogen-bond acceptors (Lipinski definition) is 3. The van der Waals surface area contributed by atoms with E-state index < -0.39 is 6.10 Å². The van der Waals surface area contributed by atoms with Crippen LogP contribution in [0.2, 0.25) is 5.02 Å². The summed E-state index contributed by atoms with van der Waals surface area (Å²) < 4.78 is 0. The normalized spacial score (nSPS) is 25.3. The van der Waals surface area contributed by atoms with Crippen LogP contribution in [-0.2, 0) is 0 Å². The molecule has 0 aromatic heterocycles. The van der Waals surface area contributed by atoms with Crippen molar-refractivity contribution < 1.29 is 10.2 Å². The van der Waals surface area contributed by atoms with Crippen LogP contribution in [0.4, 0.5) is 0 Å². The fraction of sp³-hybridized carbons (Fsp3) is 0.571. The van der Waals surface area contributed by atoms with Crippen LogP contribution in [-0.4, -0.2) is 29.4 Å². The summed E-state index contributed by atoms with van der Waals surface area (Å²) in [6.07, 6.45) is 2.23. The van der Waals surface area contributed by atoms with Gasteiger partial charge in [-0.2, -0.15) is 0 Å². The van der Waals surface area contributed by atoms with Gasteiger partial charge in [-0.3, -0.25) is 0 Å². The molecule has 0 amide bonds. The van der Waals surface area contributed by atoms with Gasteiger partial charge >= 0.3 is 0 Å². The molecule has 0 aliphatic heterocycles. The number of aliphatic hydroxyl groups excluding tert-OH is 2. The molecule has 1 fully saturated rings. The van der Waals surface area contributed by atoms with E-state index >= 15 is 0 Å². The SMILES string of the molecule is OC1CCC(CNCC(O)c2ccc(Cl)cc2)C1. The first-order chi connectivity index (χ1) is 8.65. The Morgan fingerprint density at radius 3 is 2.61 bits per heavy atom. The van der Waals surface area contributed by atoms with Gasteiger partial charge in [0.15, 0.2) is 0 Å². The number of halogens is 1. The van der Waals surface area contributed by atoms with Gasteiger partial charge in [-0.1, -0.05) is 23.7 Å². The lowest BCUT2D eigenvalue weighted by Crippen LogP contribution is -2.26. The zero-order valence-corrected chi connectivity index (χ0v) is 11.1. The van der Waals surface area contributed by atoms with Crippen LogP contribution in [0, 0.1) is 5.92 Å². The van der Waals surface area contributed by atoms with Crippen LogP contribution in [0.25, 0.3) is 0 Å². The molecule has 1 aromatic rings. The zero-order valence-electron chi connectivity index (χ0n) is 10.3. The highest BCUT2D eigenvalue weighted by atomic mass is 35.5. The highest BCUT2D eigenvalue weighted by Crippen LogP contribution is 2.24. The van der Waals surface area contributed by atoms with Crippen molar-refractivity contribution in [2.45, 2.75) is 31.5 Å². The largest absolute Gasteiger partial charge is 0.393 e.